The van der Waals surface area contributed by atoms with E-state index in [4.69, 9.17) is 11.6 Å². The number of aromatic nitrogens is 1. The van der Waals surface area contributed by atoms with Crippen LogP contribution in [0.2, 0.25) is 5.02 Å². The van der Waals surface area contributed by atoms with Gasteiger partial charge in [0.25, 0.3) is 0 Å². The van der Waals surface area contributed by atoms with Gasteiger partial charge in [0, 0.05) is 0 Å². The van der Waals surface area contributed by atoms with Crippen molar-refractivity contribution in [2.75, 3.05) is 5.32 Å². The van der Waals surface area contributed by atoms with E-state index < -0.39 is 0 Å². The van der Waals surface area contributed by atoms with E-state index in [0.717, 1.165) is 17.7 Å². The fourth-order valence-corrected chi connectivity index (χ4v) is 4.31. The average molecular weight is 406 g/mol. The number of amides is 1. The first kappa shape index (κ1) is 16.8. The molecule has 3 rings (SSSR count). The number of anilines is 1. The number of nitrogens with one attached hydrogen (secondary N) is 1. The normalized spacial score (nSPS) is 10.6. The van der Waals surface area contributed by atoms with Gasteiger partial charge in [-0.05, 0) is 0 Å². The van der Waals surface area contributed by atoms with E-state index in [2.05, 4.69) is 17.2 Å². The van der Waals surface area contributed by atoms with Gasteiger partial charge in [-0.15, -0.1) is 0 Å². The van der Waals surface area contributed by atoms with Crippen LogP contribution in [0, 0.1) is 0 Å². The molecule has 2 N–H and O–H groups in total. The number of hydrogen-bond donors (Lipinski definition) is 2. The van der Waals surface area contributed by atoms with Gasteiger partial charge in [-0.25, -0.2) is 0 Å². The molecule has 0 saturated carbocycles. The van der Waals surface area contributed by atoms with Gasteiger partial charge in [-0.2, -0.15) is 0 Å². The molecule has 4 nitrogen and oxygen atoms in total. The molecule has 0 aliphatic heterocycles. The summed E-state index contributed by atoms with van der Waals surface area (Å²) in [4.78, 5) is 16.9. The molecular formula is C18H15ClN2O2Se. The van der Waals surface area contributed by atoms with Gasteiger partial charge < -0.3 is 0 Å². The summed E-state index contributed by atoms with van der Waals surface area (Å²) in [6.45, 7) is 2.08. The molecule has 0 bridgehead atoms. The predicted octanol–water partition coefficient (Wildman–Crippen LogP) is 3.98. The first-order chi connectivity index (χ1) is 11.6. The number of aromatic hydroxyl groups is 1. The Bertz CT molecular complexity index is 858. The minimum absolute atomic E-state index is 0.00987. The third-order valence-electron chi connectivity index (χ3n) is 3.49. The Balaban J connectivity index is 1.85. The van der Waals surface area contributed by atoms with Gasteiger partial charge in [0.1, 0.15) is 0 Å². The van der Waals surface area contributed by atoms with Gasteiger partial charge >= 0.3 is 151 Å². The Morgan fingerprint density at radius 2 is 1.83 bits per heavy atom. The predicted molar refractivity (Wildman–Crippen MR) is 97.1 cm³/mol. The van der Waals surface area contributed by atoms with Crippen molar-refractivity contribution in [1.29, 1.82) is 0 Å². The molecule has 0 radical (unpaired) electrons. The maximum absolute atomic E-state index is 12.3. The van der Waals surface area contributed by atoms with Gasteiger partial charge in [0.15, 0.2) is 0 Å². The SMILES string of the molecule is CCc1[se]c(NC(=O)c2ccc(Cl)cc2)nc1-c1ccc(O)cc1. The van der Waals surface area contributed by atoms with Gasteiger partial charge in [0.2, 0.25) is 0 Å². The van der Waals surface area contributed by atoms with Gasteiger partial charge in [-0.1, -0.05) is 0 Å². The number of aryl methyl sites for hydroxylation is 1. The van der Waals surface area contributed by atoms with Crippen molar-refractivity contribution in [2.24, 2.45) is 0 Å². The fraction of sp³-hybridized carbons (Fsp3) is 0.111. The molecule has 2 aromatic carbocycles. The first-order valence-corrected chi connectivity index (χ1v) is 9.52. The summed E-state index contributed by atoms with van der Waals surface area (Å²) < 4.78 is 1.92. The Morgan fingerprint density at radius 3 is 2.46 bits per heavy atom. The number of hydrogen-bond acceptors (Lipinski definition) is 3. The van der Waals surface area contributed by atoms with Crippen LogP contribution < -0.4 is 5.32 Å². The molecule has 0 fully saturated rings. The zero-order valence-corrected chi connectivity index (χ0v) is 15.4. The van der Waals surface area contributed by atoms with Crippen LogP contribution in [-0.2, 0) is 6.42 Å². The van der Waals surface area contributed by atoms with Crippen molar-refractivity contribution in [3.63, 3.8) is 0 Å². The topological polar surface area (TPSA) is 62.2 Å². The van der Waals surface area contributed by atoms with Gasteiger partial charge in [-0.3, -0.25) is 0 Å². The second-order valence-electron chi connectivity index (χ2n) is 5.15. The molecule has 0 unspecified atom stereocenters. The van der Waals surface area contributed by atoms with Gasteiger partial charge in [0.05, 0.1) is 0 Å². The zero-order chi connectivity index (χ0) is 17.1. The van der Waals surface area contributed by atoms with Crippen LogP contribution in [0.25, 0.3) is 11.3 Å². The van der Waals surface area contributed by atoms with E-state index in [-0.39, 0.29) is 26.2 Å². The van der Waals surface area contributed by atoms with Crippen LogP contribution in [0.4, 0.5) is 4.69 Å². The van der Waals surface area contributed by atoms with Crippen LogP contribution in [0.3, 0.4) is 0 Å². The van der Waals surface area contributed by atoms with E-state index in [0.29, 0.717) is 15.3 Å². The van der Waals surface area contributed by atoms with Crippen molar-refractivity contribution in [2.45, 2.75) is 13.3 Å². The number of phenols is 1. The summed E-state index contributed by atoms with van der Waals surface area (Å²) in [5, 5.41) is 12.9. The van der Waals surface area contributed by atoms with Crippen molar-refractivity contribution >= 4 is 36.7 Å². The van der Waals surface area contributed by atoms with Crippen LogP contribution in [-0.4, -0.2) is 30.5 Å². The Labute approximate surface area is 150 Å². The number of rotatable bonds is 4. The Kier molecular flexibility index (Phi) is 5.05. The third kappa shape index (κ3) is 3.70. The minimum atomic E-state index is -0.185. The number of carbonyl (C=O) groups excluding carboxylic acids is 1. The number of nitrogens with zero attached hydrogens (tertiary/aromatic N) is 1. The summed E-state index contributed by atoms with van der Waals surface area (Å²) in [6, 6.07) is 13.7. The van der Waals surface area contributed by atoms with Crippen molar-refractivity contribution in [3.8, 4) is 17.0 Å². The fourth-order valence-electron chi connectivity index (χ4n) is 2.26. The van der Waals surface area contributed by atoms with Crippen molar-refractivity contribution in [1.82, 2.24) is 4.98 Å². The third-order valence-corrected chi connectivity index (χ3v) is 6.08. The molecule has 3 aromatic rings. The molecule has 1 amide bonds. The summed E-state index contributed by atoms with van der Waals surface area (Å²) in [5.74, 6) is 0.0378. The van der Waals surface area contributed by atoms with Crippen molar-refractivity contribution in [3.05, 3.63) is 63.6 Å². The molecule has 0 saturated heterocycles. The van der Waals surface area contributed by atoms with Crippen LogP contribution in [0.5, 0.6) is 5.75 Å². The first-order valence-electron chi connectivity index (χ1n) is 7.43. The summed E-state index contributed by atoms with van der Waals surface area (Å²) in [5.41, 5.74) is 2.39. The molecule has 122 valence electrons. The number of phenolic OH excluding ortho intramolecular Hbond substituents is 1. The molecule has 24 heavy (non-hydrogen) atoms. The van der Waals surface area contributed by atoms with Crippen molar-refractivity contribution < 1.29 is 9.90 Å². The Morgan fingerprint density at radius 1 is 1.17 bits per heavy atom. The second kappa shape index (κ2) is 7.22. The number of carbonyl (C=O) groups is 1. The maximum atomic E-state index is 12.3. The molecule has 1 aromatic heterocycles. The molecule has 0 atom stereocenters. The average Bonchev–Trinajstić information content (AvgIpc) is 2.99. The van der Waals surface area contributed by atoms with E-state index in [1.807, 2.05) is 12.1 Å². The van der Waals surface area contributed by atoms with E-state index in [1.54, 1.807) is 36.4 Å². The van der Waals surface area contributed by atoms with Crippen LogP contribution >= 0.6 is 11.6 Å². The van der Waals surface area contributed by atoms with Crippen LogP contribution in [0.1, 0.15) is 21.7 Å². The number of halogens is 1. The van der Waals surface area contributed by atoms with E-state index >= 15 is 0 Å². The molecule has 0 aliphatic carbocycles. The molecular weight excluding hydrogens is 391 g/mol. The van der Waals surface area contributed by atoms with E-state index in [9.17, 15) is 9.90 Å². The summed E-state index contributed by atoms with van der Waals surface area (Å²) >= 11 is 5.84. The molecule has 0 spiro atoms. The van der Waals surface area contributed by atoms with E-state index in [1.165, 1.54) is 4.44 Å². The summed E-state index contributed by atoms with van der Waals surface area (Å²) in [6.07, 6.45) is 0.875. The molecule has 0 aliphatic rings. The standard InChI is InChI=1S/C18H15ClN2O2Se/c1-2-15-16(11-5-9-14(22)10-6-11)20-18(24-15)21-17(23)12-3-7-13(19)8-4-12/h3-10,22H,2H2,1H3,(H,20,21,23). The monoisotopic (exact) mass is 406 g/mol. The molecule has 1 heterocycles. The Hall–Kier alpha value is -2.07. The second-order valence-corrected chi connectivity index (χ2v) is 7.86. The van der Waals surface area contributed by atoms with Crippen LogP contribution in [0.15, 0.2) is 48.5 Å². The number of benzene rings is 2. The molecule has 6 heteroatoms. The quantitative estimate of drug-likeness (QED) is 0.645. The zero-order valence-electron chi connectivity index (χ0n) is 12.9. The summed E-state index contributed by atoms with van der Waals surface area (Å²) in [7, 11) is 0.